The number of aryl methyl sites for hydroxylation is 3. The summed E-state index contributed by atoms with van der Waals surface area (Å²) in [4.78, 5) is 0. The number of benzene rings is 3. The van der Waals surface area contributed by atoms with Crippen LogP contribution >= 0.6 is 11.1 Å². The fraction of sp³-hybridized carbons (Fsp3) is 0.455. The van der Waals surface area contributed by atoms with Crippen molar-refractivity contribution in [1.82, 2.24) is 0 Å². The zero-order valence-electron chi connectivity index (χ0n) is 26.8. The van der Waals surface area contributed by atoms with Crippen LogP contribution in [0.2, 0.25) is 58.9 Å². The SMILES string of the molecule is Cc1cc([Si](C)(C)C)c(C)c([Si](Cl)(c2cc(C)cc([Si](C)(C)C)c2C)c2cc(C)cc([Si](C)(C)C)c2C)c1. The van der Waals surface area contributed by atoms with Gasteiger partial charge in [0.1, 0.15) is 0 Å². The molecule has 0 amide bonds. The molecule has 3 aromatic rings. The summed E-state index contributed by atoms with van der Waals surface area (Å²) < 4.78 is 0. The topological polar surface area (TPSA) is 0 Å². The molecule has 0 saturated heterocycles. The van der Waals surface area contributed by atoms with Crippen molar-refractivity contribution < 1.29 is 0 Å². The van der Waals surface area contributed by atoms with E-state index in [1.807, 2.05) is 0 Å². The Morgan fingerprint density at radius 2 is 0.553 bits per heavy atom. The Morgan fingerprint density at radius 3 is 0.737 bits per heavy atom. The maximum absolute atomic E-state index is 8.50. The second-order valence-electron chi connectivity index (χ2n) is 14.9. The largest absolute Gasteiger partial charge is 0.248 e. The van der Waals surface area contributed by atoms with Gasteiger partial charge in [-0.15, -0.1) is 11.1 Å². The first kappa shape index (κ1) is 31.3. The first-order chi connectivity index (χ1) is 17.1. The summed E-state index contributed by atoms with van der Waals surface area (Å²) in [6.45, 7) is 36.1. The monoisotopic (exact) mass is 594 g/mol. The summed E-state index contributed by atoms with van der Waals surface area (Å²) in [5.74, 6) is 0. The molecule has 0 saturated carbocycles. The summed E-state index contributed by atoms with van der Waals surface area (Å²) >= 11 is 8.50. The molecule has 5 heteroatoms. The van der Waals surface area contributed by atoms with E-state index in [1.165, 1.54) is 48.9 Å². The van der Waals surface area contributed by atoms with E-state index < -0.39 is 31.6 Å². The van der Waals surface area contributed by atoms with E-state index in [1.54, 1.807) is 15.6 Å². The van der Waals surface area contributed by atoms with Gasteiger partial charge in [0.05, 0.1) is 24.2 Å². The standard InChI is InChI=1S/C33H51ClSi4/c1-22-16-28(35(7,8)9)25(4)31(19-22)38(34,32-20-23(2)17-29(26(32)5)36(10,11)12)33-21-24(3)18-30(27(33)6)37(13,14)15/h16-21H,1-15H3. The van der Waals surface area contributed by atoms with Gasteiger partial charge in [0.2, 0.25) is 7.38 Å². The number of hydrogen-bond donors (Lipinski definition) is 0. The molecular formula is C33H51ClSi4. The molecule has 3 rings (SSSR count). The van der Waals surface area contributed by atoms with Gasteiger partial charge in [0.15, 0.2) is 0 Å². The van der Waals surface area contributed by atoms with Crippen molar-refractivity contribution in [1.29, 1.82) is 0 Å². The van der Waals surface area contributed by atoms with Crippen molar-refractivity contribution in [3.05, 3.63) is 69.8 Å². The van der Waals surface area contributed by atoms with E-state index in [0.29, 0.717) is 0 Å². The van der Waals surface area contributed by atoms with Crippen LogP contribution in [-0.4, -0.2) is 31.6 Å². The highest BCUT2D eigenvalue weighted by Crippen LogP contribution is 2.22. The second-order valence-corrected chi connectivity index (χ2v) is 34.6. The molecule has 0 aromatic heterocycles. The molecule has 0 fully saturated rings. The van der Waals surface area contributed by atoms with Crippen molar-refractivity contribution in [3.8, 4) is 0 Å². The Bertz CT molecular complexity index is 1210. The van der Waals surface area contributed by atoms with Gasteiger partial charge in [-0.2, -0.15) is 0 Å². The minimum Gasteiger partial charge on any atom is -0.149 e. The van der Waals surface area contributed by atoms with E-state index in [-0.39, 0.29) is 0 Å². The molecule has 38 heavy (non-hydrogen) atoms. The van der Waals surface area contributed by atoms with Crippen LogP contribution in [0.1, 0.15) is 33.4 Å². The Hall–Kier alpha value is -1.18. The lowest BCUT2D eigenvalue weighted by Crippen LogP contribution is -2.68. The zero-order chi connectivity index (χ0) is 29.2. The average Bonchev–Trinajstić information content (AvgIpc) is 2.75. The Balaban J connectivity index is 2.65. The van der Waals surface area contributed by atoms with Gasteiger partial charge in [-0.1, -0.05) is 144 Å². The quantitative estimate of drug-likeness (QED) is 0.176. The summed E-state index contributed by atoms with van der Waals surface area (Å²) in [7, 11) is -7.62. The molecule has 0 aliphatic carbocycles. The highest BCUT2D eigenvalue weighted by molar-refractivity contribution is 7.41. The van der Waals surface area contributed by atoms with Gasteiger partial charge in [-0.05, 0) is 57.1 Å². The molecule has 0 bridgehead atoms. The van der Waals surface area contributed by atoms with Crippen molar-refractivity contribution >= 4 is 73.8 Å². The van der Waals surface area contributed by atoms with Crippen LogP contribution in [-0.2, 0) is 0 Å². The number of rotatable bonds is 6. The van der Waals surface area contributed by atoms with E-state index >= 15 is 0 Å². The first-order valence-corrected chi connectivity index (χ1v) is 27.7. The predicted molar refractivity (Wildman–Crippen MR) is 187 cm³/mol. The lowest BCUT2D eigenvalue weighted by Gasteiger charge is -2.36. The van der Waals surface area contributed by atoms with E-state index in [0.717, 1.165) is 0 Å². The minimum absolute atomic E-state index is 1.34. The number of hydrogen-bond acceptors (Lipinski definition) is 0. The molecule has 0 heterocycles. The summed E-state index contributed by atoms with van der Waals surface area (Å²) in [5, 5.41) is 8.87. The molecular weight excluding hydrogens is 544 g/mol. The van der Waals surface area contributed by atoms with E-state index in [9.17, 15) is 0 Å². The molecule has 0 atom stereocenters. The minimum atomic E-state index is -2.90. The Kier molecular flexibility index (Phi) is 8.53. The van der Waals surface area contributed by atoms with Crippen molar-refractivity contribution in [2.45, 2.75) is 100 Å². The molecule has 0 nitrogen and oxygen atoms in total. The van der Waals surface area contributed by atoms with Gasteiger partial charge in [-0.3, -0.25) is 0 Å². The van der Waals surface area contributed by atoms with Crippen LogP contribution in [0.15, 0.2) is 36.4 Å². The highest BCUT2D eigenvalue weighted by Gasteiger charge is 2.44. The fourth-order valence-electron chi connectivity index (χ4n) is 6.42. The second kappa shape index (κ2) is 10.3. The maximum atomic E-state index is 8.50. The van der Waals surface area contributed by atoms with Gasteiger partial charge >= 0.3 is 0 Å². The summed E-state index contributed by atoms with van der Waals surface area (Å²) in [6, 6.07) is 14.7. The molecule has 0 unspecified atom stereocenters. The normalized spacial score (nSPS) is 13.3. The average molecular weight is 596 g/mol. The van der Waals surface area contributed by atoms with Crippen molar-refractivity contribution in [2.24, 2.45) is 0 Å². The molecule has 206 valence electrons. The highest BCUT2D eigenvalue weighted by atomic mass is 35.6. The molecule has 0 aliphatic rings. The Labute approximate surface area is 243 Å². The van der Waals surface area contributed by atoms with E-state index in [4.69, 9.17) is 11.1 Å². The Morgan fingerprint density at radius 1 is 0.368 bits per heavy atom. The summed E-state index contributed by atoms with van der Waals surface area (Å²) in [6.07, 6.45) is 0. The van der Waals surface area contributed by atoms with Crippen LogP contribution in [0.3, 0.4) is 0 Å². The van der Waals surface area contributed by atoms with Crippen LogP contribution in [0.25, 0.3) is 0 Å². The smallest absolute Gasteiger partial charge is 0.149 e. The van der Waals surface area contributed by atoms with Gasteiger partial charge in [0.25, 0.3) is 0 Å². The van der Waals surface area contributed by atoms with Crippen LogP contribution < -0.4 is 31.1 Å². The zero-order valence-corrected chi connectivity index (χ0v) is 31.6. The van der Waals surface area contributed by atoms with Crippen LogP contribution in [0.4, 0.5) is 0 Å². The van der Waals surface area contributed by atoms with Gasteiger partial charge < -0.3 is 0 Å². The van der Waals surface area contributed by atoms with Crippen molar-refractivity contribution in [2.75, 3.05) is 0 Å². The third kappa shape index (κ3) is 5.81. The van der Waals surface area contributed by atoms with Crippen LogP contribution in [0, 0.1) is 41.5 Å². The molecule has 0 N–H and O–H groups in total. The van der Waals surface area contributed by atoms with Gasteiger partial charge in [-0.25, -0.2) is 0 Å². The molecule has 3 aromatic carbocycles. The lowest BCUT2D eigenvalue weighted by atomic mass is 10.1. The third-order valence-corrected chi connectivity index (χ3v) is 20.2. The third-order valence-electron chi connectivity index (χ3n) is 8.19. The molecule has 0 aliphatic heterocycles. The van der Waals surface area contributed by atoms with E-state index in [2.05, 4.69) is 137 Å². The van der Waals surface area contributed by atoms with Crippen LogP contribution in [0.5, 0.6) is 0 Å². The summed E-state index contributed by atoms with van der Waals surface area (Å²) in [5.41, 5.74) is 8.32. The molecule has 0 radical (unpaired) electrons. The molecule has 0 spiro atoms. The maximum Gasteiger partial charge on any atom is 0.248 e. The van der Waals surface area contributed by atoms with Crippen molar-refractivity contribution in [3.63, 3.8) is 0 Å². The lowest BCUT2D eigenvalue weighted by molar-refractivity contribution is 1.41. The fourth-order valence-corrected chi connectivity index (χ4v) is 18.4. The predicted octanol–water partition coefficient (Wildman–Crippen LogP) is 6.38. The number of halogens is 1. The first-order valence-electron chi connectivity index (χ1n) is 14.2. The van der Waals surface area contributed by atoms with Gasteiger partial charge in [0, 0.05) is 0 Å².